The molecule has 26 heavy (non-hydrogen) atoms. The second-order valence-electron chi connectivity index (χ2n) is 6.15. The Morgan fingerprint density at radius 1 is 1.00 bits per heavy atom. The van der Waals surface area contributed by atoms with Crippen molar-refractivity contribution in [3.05, 3.63) is 83.8 Å². The number of carbonyl (C=O) groups is 1. The van der Waals surface area contributed by atoms with E-state index in [1.807, 2.05) is 60.7 Å². The number of carbonyl (C=O) groups excluding carboxylic acids is 1. The Kier molecular flexibility index (Phi) is 4.35. The third kappa shape index (κ3) is 3.16. The molecular weight excluding hydrogens is 330 g/mol. The fourth-order valence-corrected chi connectivity index (χ4v) is 3.23. The number of nitrogens with zero attached hydrogens (tertiary/aromatic N) is 1. The van der Waals surface area contributed by atoms with E-state index in [0.29, 0.717) is 12.3 Å². The maximum atomic E-state index is 12.5. The summed E-state index contributed by atoms with van der Waals surface area (Å²) in [6, 6.07) is 19.2. The first kappa shape index (κ1) is 16.3. The van der Waals surface area contributed by atoms with Crippen molar-refractivity contribution in [2.45, 2.75) is 19.5 Å². The number of benzene rings is 2. The topological polar surface area (TPSA) is 51.9 Å². The largest absolute Gasteiger partial charge is 0.467 e. The zero-order valence-corrected chi connectivity index (χ0v) is 14.4. The Hall–Kier alpha value is -3.21. The molecule has 0 saturated carbocycles. The summed E-state index contributed by atoms with van der Waals surface area (Å²) in [6.45, 7) is 2.18. The van der Waals surface area contributed by atoms with E-state index in [2.05, 4.69) is 0 Å². The number of fused-ring (bicyclic) bond motifs is 1. The third-order valence-corrected chi connectivity index (χ3v) is 4.45. The van der Waals surface area contributed by atoms with Crippen molar-refractivity contribution in [2.24, 2.45) is 0 Å². The molecule has 0 radical (unpaired) electrons. The van der Waals surface area contributed by atoms with E-state index in [1.165, 1.54) is 0 Å². The van der Waals surface area contributed by atoms with Crippen LogP contribution in [0.1, 0.15) is 29.9 Å². The van der Waals surface area contributed by atoms with Gasteiger partial charge in [0.2, 0.25) is 12.7 Å². The third-order valence-electron chi connectivity index (χ3n) is 4.45. The van der Waals surface area contributed by atoms with Crippen molar-refractivity contribution < 1.29 is 18.7 Å². The first-order valence-electron chi connectivity index (χ1n) is 8.46. The number of furan rings is 1. The fraction of sp³-hybridized carbons (Fsp3) is 0.190. The molecule has 4 rings (SSSR count). The summed E-state index contributed by atoms with van der Waals surface area (Å²) in [7, 11) is 0. The van der Waals surface area contributed by atoms with Gasteiger partial charge in [-0.2, -0.15) is 0 Å². The van der Waals surface area contributed by atoms with Gasteiger partial charge in [0.05, 0.1) is 18.8 Å². The molecule has 2 aromatic carbocycles. The second-order valence-corrected chi connectivity index (χ2v) is 6.15. The smallest absolute Gasteiger partial charge is 0.231 e. The summed E-state index contributed by atoms with van der Waals surface area (Å²) >= 11 is 0. The molecule has 1 aliphatic heterocycles. The van der Waals surface area contributed by atoms with Crippen LogP contribution in [-0.4, -0.2) is 17.6 Å². The highest BCUT2D eigenvalue weighted by molar-refractivity contribution is 5.74. The van der Waals surface area contributed by atoms with E-state index in [1.54, 1.807) is 18.1 Å². The number of amides is 1. The van der Waals surface area contributed by atoms with Crippen LogP contribution < -0.4 is 9.47 Å². The summed E-state index contributed by atoms with van der Waals surface area (Å²) in [6.07, 6.45) is 1.62. The lowest BCUT2D eigenvalue weighted by atomic mass is 9.96. The lowest BCUT2D eigenvalue weighted by molar-refractivity contribution is -0.131. The highest BCUT2D eigenvalue weighted by Crippen LogP contribution is 2.38. The van der Waals surface area contributed by atoms with Gasteiger partial charge in [0.1, 0.15) is 5.76 Å². The minimum atomic E-state index is -0.256. The van der Waals surface area contributed by atoms with E-state index in [4.69, 9.17) is 13.9 Å². The highest BCUT2D eigenvalue weighted by Gasteiger charge is 2.27. The molecular formula is C21H19NO4. The molecule has 1 aliphatic rings. The Morgan fingerprint density at radius 2 is 1.81 bits per heavy atom. The van der Waals surface area contributed by atoms with Crippen LogP contribution in [0.25, 0.3) is 0 Å². The van der Waals surface area contributed by atoms with Gasteiger partial charge >= 0.3 is 0 Å². The zero-order chi connectivity index (χ0) is 17.9. The highest BCUT2D eigenvalue weighted by atomic mass is 16.7. The zero-order valence-electron chi connectivity index (χ0n) is 14.4. The first-order valence-corrected chi connectivity index (χ1v) is 8.46. The van der Waals surface area contributed by atoms with Crippen molar-refractivity contribution in [3.63, 3.8) is 0 Å². The van der Waals surface area contributed by atoms with Gasteiger partial charge in [-0.3, -0.25) is 4.79 Å². The SMILES string of the molecule is CC(=O)N(Cc1ccco1)C(c1ccccc1)c1ccc2c(c1)OCO2. The van der Waals surface area contributed by atoms with Gasteiger partial charge in [0.15, 0.2) is 11.5 Å². The van der Waals surface area contributed by atoms with Crippen LogP contribution in [0.4, 0.5) is 0 Å². The normalized spacial score (nSPS) is 13.4. The number of hydrogen-bond acceptors (Lipinski definition) is 4. The maximum absolute atomic E-state index is 12.5. The number of rotatable bonds is 5. The van der Waals surface area contributed by atoms with Gasteiger partial charge < -0.3 is 18.8 Å². The van der Waals surface area contributed by atoms with Crippen LogP contribution in [0.5, 0.6) is 11.5 Å². The van der Waals surface area contributed by atoms with E-state index in [0.717, 1.165) is 22.6 Å². The van der Waals surface area contributed by atoms with Gasteiger partial charge in [0, 0.05) is 6.92 Å². The van der Waals surface area contributed by atoms with Crippen molar-refractivity contribution >= 4 is 5.91 Å². The molecule has 132 valence electrons. The van der Waals surface area contributed by atoms with Crippen LogP contribution in [0.2, 0.25) is 0 Å². The van der Waals surface area contributed by atoms with Crippen LogP contribution in [0.3, 0.4) is 0 Å². The fourth-order valence-electron chi connectivity index (χ4n) is 3.23. The molecule has 2 heterocycles. The molecule has 0 bridgehead atoms. The minimum Gasteiger partial charge on any atom is -0.467 e. The molecule has 5 heteroatoms. The summed E-state index contributed by atoms with van der Waals surface area (Å²) in [5.74, 6) is 2.13. The maximum Gasteiger partial charge on any atom is 0.231 e. The quantitative estimate of drug-likeness (QED) is 0.694. The summed E-state index contributed by atoms with van der Waals surface area (Å²) in [5, 5.41) is 0. The monoisotopic (exact) mass is 349 g/mol. The molecule has 1 aromatic heterocycles. The first-order chi connectivity index (χ1) is 12.7. The molecule has 0 aliphatic carbocycles. The van der Waals surface area contributed by atoms with Gasteiger partial charge in [0.25, 0.3) is 0 Å². The Balaban J connectivity index is 1.78. The molecule has 0 saturated heterocycles. The molecule has 1 amide bonds. The van der Waals surface area contributed by atoms with Gasteiger partial charge in [-0.25, -0.2) is 0 Å². The standard InChI is InChI=1S/C21H19NO4/c1-15(23)22(13-18-8-5-11-24-18)21(16-6-3-2-4-7-16)17-9-10-19-20(12-17)26-14-25-19/h2-12,21H,13-14H2,1H3. The average Bonchev–Trinajstić information content (AvgIpc) is 3.33. The molecule has 0 N–H and O–H groups in total. The molecule has 0 spiro atoms. The van der Waals surface area contributed by atoms with E-state index in [-0.39, 0.29) is 18.7 Å². The van der Waals surface area contributed by atoms with E-state index < -0.39 is 0 Å². The summed E-state index contributed by atoms with van der Waals surface area (Å²) in [5.41, 5.74) is 1.98. The predicted molar refractivity (Wildman–Crippen MR) is 95.8 cm³/mol. The predicted octanol–water partition coefficient (Wildman–Crippen LogP) is 4.15. The van der Waals surface area contributed by atoms with Crippen molar-refractivity contribution in [1.82, 2.24) is 4.90 Å². The molecule has 1 unspecified atom stereocenters. The average molecular weight is 349 g/mol. The summed E-state index contributed by atoms with van der Waals surface area (Å²) in [4.78, 5) is 14.3. The minimum absolute atomic E-state index is 0.0343. The molecule has 5 nitrogen and oxygen atoms in total. The Morgan fingerprint density at radius 3 is 2.54 bits per heavy atom. The summed E-state index contributed by atoms with van der Waals surface area (Å²) < 4.78 is 16.4. The Bertz CT molecular complexity index is 890. The van der Waals surface area contributed by atoms with E-state index >= 15 is 0 Å². The Labute approximate surface area is 151 Å². The number of ether oxygens (including phenoxy) is 2. The van der Waals surface area contributed by atoms with Crippen LogP contribution in [0, 0.1) is 0 Å². The van der Waals surface area contributed by atoms with Gasteiger partial charge in [-0.1, -0.05) is 36.4 Å². The molecule has 3 aromatic rings. The van der Waals surface area contributed by atoms with Crippen LogP contribution >= 0.6 is 0 Å². The molecule has 0 fully saturated rings. The van der Waals surface area contributed by atoms with Gasteiger partial charge in [-0.05, 0) is 35.4 Å². The van der Waals surface area contributed by atoms with Gasteiger partial charge in [-0.15, -0.1) is 0 Å². The lowest BCUT2D eigenvalue weighted by Crippen LogP contribution is -2.33. The lowest BCUT2D eigenvalue weighted by Gasteiger charge is -2.31. The van der Waals surface area contributed by atoms with Crippen LogP contribution in [-0.2, 0) is 11.3 Å². The van der Waals surface area contributed by atoms with Crippen molar-refractivity contribution in [3.8, 4) is 11.5 Å². The number of hydrogen-bond donors (Lipinski definition) is 0. The second kappa shape index (κ2) is 6.96. The van der Waals surface area contributed by atoms with Crippen molar-refractivity contribution in [1.29, 1.82) is 0 Å². The molecule has 1 atom stereocenters. The van der Waals surface area contributed by atoms with Crippen LogP contribution in [0.15, 0.2) is 71.3 Å². The van der Waals surface area contributed by atoms with Crippen molar-refractivity contribution in [2.75, 3.05) is 6.79 Å². The van der Waals surface area contributed by atoms with E-state index in [9.17, 15) is 4.79 Å².